The molecule has 1 heterocycles. The summed E-state index contributed by atoms with van der Waals surface area (Å²) in [6.45, 7) is 6.37. The molecule has 0 saturated heterocycles. The number of nitrogen functional groups attached to an aromatic ring is 1. The highest BCUT2D eigenvalue weighted by Crippen LogP contribution is 2.28. The fraction of sp³-hybridized carbons (Fsp3) is 0.267. The molecule has 0 radical (unpaired) electrons. The van der Waals surface area contributed by atoms with Crippen molar-refractivity contribution in [2.24, 2.45) is 0 Å². The Morgan fingerprint density at radius 1 is 1.14 bits per heavy atom. The van der Waals surface area contributed by atoms with E-state index in [1.54, 1.807) is 0 Å². The van der Waals surface area contributed by atoms with Crippen LogP contribution in [0.25, 0.3) is 0 Å². The Hall–Kier alpha value is -2.63. The standard InChI is InChI=1S/C15H18N4O2/c1-15(2,3)10-4-6-11(7-5-10)17-14-12(19(20)21)8-9-13(16)18-14/h4-9H,1-3H3,(H3,16,17,18). The molecule has 1 aromatic carbocycles. The molecule has 2 aromatic rings. The number of anilines is 3. The third-order valence-corrected chi connectivity index (χ3v) is 3.11. The molecule has 0 spiro atoms. The lowest BCUT2D eigenvalue weighted by Gasteiger charge is -2.19. The van der Waals surface area contributed by atoms with Crippen LogP contribution in [0.4, 0.5) is 23.0 Å². The lowest BCUT2D eigenvalue weighted by atomic mass is 9.87. The second kappa shape index (κ2) is 5.40. The minimum absolute atomic E-state index is 0.0555. The van der Waals surface area contributed by atoms with Crippen molar-refractivity contribution < 1.29 is 4.92 Å². The van der Waals surface area contributed by atoms with E-state index in [4.69, 9.17) is 5.73 Å². The van der Waals surface area contributed by atoms with Gasteiger partial charge in [0.15, 0.2) is 0 Å². The molecule has 0 aliphatic rings. The molecule has 0 amide bonds. The molecule has 3 N–H and O–H groups in total. The fourth-order valence-corrected chi connectivity index (χ4v) is 1.90. The Bertz CT molecular complexity index is 660. The highest BCUT2D eigenvalue weighted by molar-refractivity contribution is 5.67. The van der Waals surface area contributed by atoms with Gasteiger partial charge in [-0.25, -0.2) is 4.98 Å². The zero-order chi connectivity index (χ0) is 15.6. The number of nitrogens with one attached hydrogen (secondary N) is 1. The second-order valence-electron chi connectivity index (χ2n) is 5.81. The summed E-state index contributed by atoms with van der Waals surface area (Å²) in [5.41, 5.74) is 7.45. The number of benzene rings is 1. The molecule has 0 aliphatic heterocycles. The van der Waals surface area contributed by atoms with Crippen LogP contribution in [0.3, 0.4) is 0 Å². The van der Waals surface area contributed by atoms with Crippen LogP contribution in [-0.4, -0.2) is 9.91 Å². The highest BCUT2D eigenvalue weighted by atomic mass is 16.6. The summed E-state index contributed by atoms with van der Waals surface area (Å²) in [7, 11) is 0. The van der Waals surface area contributed by atoms with Crippen LogP contribution in [0.15, 0.2) is 36.4 Å². The van der Waals surface area contributed by atoms with Gasteiger partial charge in [-0.1, -0.05) is 32.9 Å². The van der Waals surface area contributed by atoms with E-state index in [1.165, 1.54) is 17.7 Å². The predicted octanol–water partition coefficient (Wildman–Crippen LogP) is 3.61. The average Bonchev–Trinajstić information content (AvgIpc) is 2.38. The third kappa shape index (κ3) is 3.47. The van der Waals surface area contributed by atoms with Crippen LogP contribution in [-0.2, 0) is 5.41 Å². The van der Waals surface area contributed by atoms with Gasteiger partial charge in [0, 0.05) is 11.8 Å². The van der Waals surface area contributed by atoms with Crippen LogP contribution in [0.2, 0.25) is 0 Å². The number of aromatic nitrogens is 1. The van der Waals surface area contributed by atoms with Crippen LogP contribution >= 0.6 is 0 Å². The first kappa shape index (κ1) is 14.8. The maximum atomic E-state index is 11.0. The molecule has 1 aromatic heterocycles. The van der Waals surface area contributed by atoms with Gasteiger partial charge in [-0.3, -0.25) is 10.1 Å². The van der Waals surface area contributed by atoms with E-state index in [0.717, 1.165) is 5.69 Å². The van der Waals surface area contributed by atoms with E-state index in [1.807, 2.05) is 24.3 Å². The van der Waals surface area contributed by atoms with Crippen LogP contribution in [0.5, 0.6) is 0 Å². The van der Waals surface area contributed by atoms with Gasteiger partial charge in [0.1, 0.15) is 5.82 Å². The number of nitrogens with zero attached hydrogens (tertiary/aromatic N) is 2. The summed E-state index contributed by atoms with van der Waals surface area (Å²) in [6, 6.07) is 10.5. The van der Waals surface area contributed by atoms with Gasteiger partial charge in [0.05, 0.1) is 4.92 Å². The lowest BCUT2D eigenvalue weighted by Crippen LogP contribution is -2.10. The number of nitro groups is 1. The average molecular weight is 286 g/mol. The van der Waals surface area contributed by atoms with Crippen molar-refractivity contribution in [1.82, 2.24) is 4.98 Å². The van der Waals surface area contributed by atoms with Gasteiger partial charge in [-0.2, -0.15) is 0 Å². The van der Waals surface area contributed by atoms with E-state index >= 15 is 0 Å². The molecule has 6 nitrogen and oxygen atoms in total. The van der Waals surface area contributed by atoms with Gasteiger partial charge in [0.2, 0.25) is 5.82 Å². The molecule has 110 valence electrons. The molecular weight excluding hydrogens is 268 g/mol. The summed E-state index contributed by atoms with van der Waals surface area (Å²) in [4.78, 5) is 14.5. The molecule has 0 atom stereocenters. The van der Waals surface area contributed by atoms with Gasteiger partial charge >= 0.3 is 5.69 Å². The molecule has 0 bridgehead atoms. The molecule has 0 aliphatic carbocycles. The summed E-state index contributed by atoms with van der Waals surface area (Å²) in [6.07, 6.45) is 0. The van der Waals surface area contributed by atoms with Crippen molar-refractivity contribution in [3.05, 3.63) is 52.1 Å². The van der Waals surface area contributed by atoms with Gasteiger partial charge in [0.25, 0.3) is 0 Å². The fourth-order valence-electron chi connectivity index (χ4n) is 1.90. The first-order valence-electron chi connectivity index (χ1n) is 6.56. The SMILES string of the molecule is CC(C)(C)c1ccc(Nc2nc(N)ccc2[N+](=O)[O-])cc1. The van der Waals surface area contributed by atoms with Gasteiger partial charge in [-0.05, 0) is 29.2 Å². The lowest BCUT2D eigenvalue weighted by molar-refractivity contribution is -0.384. The Balaban J connectivity index is 2.30. The summed E-state index contributed by atoms with van der Waals surface area (Å²) >= 11 is 0. The zero-order valence-electron chi connectivity index (χ0n) is 12.3. The minimum atomic E-state index is -0.488. The number of hydrogen-bond acceptors (Lipinski definition) is 5. The van der Waals surface area contributed by atoms with Crippen molar-refractivity contribution in [3.63, 3.8) is 0 Å². The first-order chi connectivity index (χ1) is 9.77. The molecule has 2 rings (SSSR count). The van der Waals surface area contributed by atoms with Crippen molar-refractivity contribution in [3.8, 4) is 0 Å². The van der Waals surface area contributed by atoms with Crippen LogP contribution < -0.4 is 11.1 Å². The number of nitrogens with two attached hydrogens (primary N) is 1. The Labute approximate surface area is 123 Å². The quantitative estimate of drug-likeness (QED) is 0.664. The molecule has 0 unspecified atom stereocenters. The van der Waals surface area contributed by atoms with E-state index in [-0.39, 0.29) is 22.7 Å². The van der Waals surface area contributed by atoms with E-state index in [2.05, 4.69) is 31.1 Å². The smallest absolute Gasteiger partial charge is 0.311 e. The van der Waals surface area contributed by atoms with E-state index in [9.17, 15) is 10.1 Å². The zero-order valence-corrected chi connectivity index (χ0v) is 12.3. The van der Waals surface area contributed by atoms with Crippen LogP contribution in [0.1, 0.15) is 26.3 Å². The topological polar surface area (TPSA) is 94.1 Å². The molecule has 0 fully saturated rings. The van der Waals surface area contributed by atoms with Crippen molar-refractivity contribution in [2.45, 2.75) is 26.2 Å². The van der Waals surface area contributed by atoms with Gasteiger partial charge in [-0.15, -0.1) is 0 Å². The van der Waals surface area contributed by atoms with Gasteiger partial charge < -0.3 is 11.1 Å². The Morgan fingerprint density at radius 3 is 2.29 bits per heavy atom. The maximum absolute atomic E-state index is 11.0. The van der Waals surface area contributed by atoms with Crippen molar-refractivity contribution >= 4 is 23.0 Å². The predicted molar refractivity (Wildman–Crippen MR) is 83.7 cm³/mol. The second-order valence-corrected chi connectivity index (χ2v) is 5.81. The first-order valence-corrected chi connectivity index (χ1v) is 6.56. The van der Waals surface area contributed by atoms with Crippen molar-refractivity contribution in [1.29, 1.82) is 0 Å². The Kier molecular flexibility index (Phi) is 3.80. The number of hydrogen-bond donors (Lipinski definition) is 2. The Morgan fingerprint density at radius 2 is 1.76 bits per heavy atom. The normalized spacial score (nSPS) is 11.2. The largest absolute Gasteiger partial charge is 0.384 e. The highest BCUT2D eigenvalue weighted by Gasteiger charge is 2.16. The maximum Gasteiger partial charge on any atom is 0.311 e. The molecule has 21 heavy (non-hydrogen) atoms. The molecular formula is C15H18N4O2. The molecule has 0 saturated carbocycles. The minimum Gasteiger partial charge on any atom is -0.384 e. The summed E-state index contributed by atoms with van der Waals surface area (Å²) in [5, 5.41) is 13.9. The van der Waals surface area contributed by atoms with Crippen LogP contribution in [0, 0.1) is 10.1 Å². The van der Waals surface area contributed by atoms with Crippen molar-refractivity contribution in [2.75, 3.05) is 11.1 Å². The van der Waals surface area contributed by atoms with E-state index < -0.39 is 4.92 Å². The number of rotatable bonds is 3. The summed E-state index contributed by atoms with van der Waals surface area (Å²) < 4.78 is 0. The number of pyridine rings is 1. The van der Waals surface area contributed by atoms with E-state index in [0.29, 0.717) is 0 Å². The monoisotopic (exact) mass is 286 g/mol. The molecule has 6 heteroatoms. The summed E-state index contributed by atoms with van der Waals surface area (Å²) in [5.74, 6) is 0.373. The third-order valence-electron chi connectivity index (χ3n) is 3.11.